The van der Waals surface area contributed by atoms with E-state index in [0.29, 0.717) is 0 Å². The van der Waals surface area contributed by atoms with Crippen molar-refractivity contribution in [1.29, 1.82) is 0 Å². The first-order valence-electron chi connectivity index (χ1n) is 9.73. The van der Waals surface area contributed by atoms with Crippen molar-refractivity contribution in [2.75, 3.05) is 19.1 Å². The molecule has 29 heavy (non-hydrogen) atoms. The number of hydrogen-bond acceptors (Lipinski definition) is 4. The van der Waals surface area contributed by atoms with Crippen molar-refractivity contribution in [3.05, 3.63) is 95.6 Å². The largest absolute Gasteiger partial charge is 0.454 e. The van der Waals surface area contributed by atoms with E-state index in [1.165, 1.54) is 0 Å². The predicted octanol–water partition coefficient (Wildman–Crippen LogP) is 4.82. The zero-order valence-corrected chi connectivity index (χ0v) is 16.7. The Balaban J connectivity index is 1.49. The van der Waals surface area contributed by atoms with Gasteiger partial charge >= 0.3 is 0 Å². The average Bonchev–Trinajstić information content (AvgIpc) is 3.44. The van der Waals surface area contributed by atoms with E-state index >= 15 is 0 Å². The highest BCUT2D eigenvalue weighted by Gasteiger charge is 2.36. The number of benzene rings is 3. The van der Waals surface area contributed by atoms with Crippen LogP contribution in [0.5, 0.6) is 11.5 Å². The molecule has 5 heteroatoms. The van der Waals surface area contributed by atoms with E-state index in [0.717, 1.165) is 40.5 Å². The minimum Gasteiger partial charge on any atom is -0.454 e. The normalized spacial score (nSPS) is 17.7. The van der Waals surface area contributed by atoms with Gasteiger partial charge in [0.15, 0.2) is 11.5 Å². The highest BCUT2D eigenvalue weighted by molar-refractivity contribution is 7.99. The number of nitrogens with zero attached hydrogens (tertiary/aromatic N) is 1. The van der Waals surface area contributed by atoms with E-state index < -0.39 is 0 Å². The minimum atomic E-state index is -0.312. The van der Waals surface area contributed by atoms with Crippen molar-refractivity contribution in [2.45, 2.75) is 11.3 Å². The second-order valence-electron chi connectivity index (χ2n) is 7.12. The molecule has 3 aromatic carbocycles. The van der Waals surface area contributed by atoms with Gasteiger partial charge in [-0.3, -0.25) is 4.79 Å². The Kier molecular flexibility index (Phi) is 4.90. The molecular weight excluding hydrogens is 382 g/mol. The molecule has 0 aliphatic carbocycles. The maximum Gasteiger partial charge on any atom is 0.235 e. The Bertz CT molecular complexity index is 970. The maximum absolute atomic E-state index is 13.8. The summed E-state index contributed by atoms with van der Waals surface area (Å²) in [6, 6.07) is 26.1. The number of hydrogen-bond donors (Lipinski definition) is 0. The summed E-state index contributed by atoms with van der Waals surface area (Å²) >= 11 is 1.79. The number of carbonyl (C=O) groups is 1. The zero-order chi connectivity index (χ0) is 19.6. The Labute approximate surface area is 174 Å². The number of fused-ring (bicyclic) bond motifs is 1. The number of ether oxygens (including phenoxy) is 2. The molecule has 146 valence electrons. The minimum absolute atomic E-state index is 0.0214. The molecule has 1 amide bonds. The van der Waals surface area contributed by atoms with E-state index in [9.17, 15) is 4.79 Å². The predicted molar refractivity (Wildman–Crippen MR) is 114 cm³/mol. The van der Waals surface area contributed by atoms with Crippen LogP contribution in [0.1, 0.15) is 28.0 Å². The molecule has 0 N–H and O–H groups in total. The topological polar surface area (TPSA) is 38.8 Å². The zero-order valence-electron chi connectivity index (χ0n) is 15.9. The molecule has 5 rings (SSSR count). The van der Waals surface area contributed by atoms with Crippen LogP contribution in [0.3, 0.4) is 0 Å². The fraction of sp³-hybridized carbons (Fsp3) is 0.208. The van der Waals surface area contributed by atoms with Crippen molar-refractivity contribution in [2.24, 2.45) is 0 Å². The summed E-state index contributed by atoms with van der Waals surface area (Å²) in [7, 11) is 0. The first kappa shape index (κ1) is 18.1. The van der Waals surface area contributed by atoms with Crippen molar-refractivity contribution in [1.82, 2.24) is 4.90 Å². The SMILES string of the molecule is O=C(C(c1ccccc1)c1ccccc1)N1CCS[C@@H]1c1ccc2c(c1)OCO2. The molecule has 1 saturated heterocycles. The molecule has 2 aliphatic heterocycles. The van der Waals surface area contributed by atoms with Crippen LogP contribution in [0.15, 0.2) is 78.9 Å². The van der Waals surface area contributed by atoms with Crippen molar-refractivity contribution >= 4 is 17.7 Å². The summed E-state index contributed by atoms with van der Waals surface area (Å²) in [6.07, 6.45) is 0. The monoisotopic (exact) mass is 403 g/mol. The number of amides is 1. The summed E-state index contributed by atoms with van der Waals surface area (Å²) in [6.45, 7) is 0.988. The van der Waals surface area contributed by atoms with Gasteiger partial charge in [0.05, 0.1) is 5.92 Å². The van der Waals surface area contributed by atoms with Crippen LogP contribution in [0.2, 0.25) is 0 Å². The molecule has 2 aliphatic rings. The number of thioether (sulfide) groups is 1. The maximum atomic E-state index is 13.8. The van der Waals surface area contributed by atoms with Gasteiger partial charge in [0.25, 0.3) is 0 Å². The van der Waals surface area contributed by atoms with Crippen LogP contribution >= 0.6 is 11.8 Å². The highest BCUT2D eigenvalue weighted by Crippen LogP contribution is 2.44. The average molecular weight is 404 g/mol. The van der Waals surface area contributed by atoms with Crippen molar-refractivity contribution < 1.29 is 14.3 Å². The van der Waals surface area contributed by atoms with Gasteiger partial charge in [0.1, 0.15) is 5.37 Å². The van der Waals surface area contributed by atoms with Crippen LogP contribution in [0.25, 0.3) is 0 Å². The standard InChI is InChI=1S/C24H21NO3S/c26-23(22(17-7-3-1-4-8-17)18-9-5-2-6-10-18)25-13-14-29-24(25)19-11-12-20-21(15-19)28-16-27-20/h1-12,15,22,24H,13-14,16H2/t24-/m1/s1. The Morgan fingerprint density at radius 2 is 1.55 bits per heavy atom. The molecule has 0 radical (unpaired) electrons. The fourth-order valence-corrected chi connectivity index (χ4v) is 5.23. The first-order valence-corrected chi connectivity index (χ1v) is 10.8. The highest BCUT2D eigenvalue weighted by atomic mass is 32.2. The third kappa shape index (κ3) is 3.47. The van der Waals surface area contributed by atoms with Crippen molar-refractivity contribution in [3.63, 3.8) is 0 Å². The molecule has 0 unspecified atom stereocenters. The van der Waals surface area contributed by atoms with Gasteiger partial charge in [-0.25, -0.2) is 0 Å². The molecule has 0 bridgehead atoms. The summed E-state index contributed by atoms with van der Waals surface area (Å²) in [5, 5.41) is -0.0214. The molecular formula is C24H21NO3S. The Hall–Kier alpha value is -2.92. The lowest BCUT2D eigenvalue weighted by Crippen LogP contribution is -2.35. The van der Waals surface area contributed by atoms with Crippen LogP contribution in [0, 0.1) is 0 Å². The summed E-state index contributed by atoms with van der Waals surface area (Å²) in [4.78, 5) is 15.8. The van der Waals surface area contributed by atoms with E-state index in [2.05, 4.69) is 0 Å². The quantitative estimate of drug-likeness (QED) is 0.626. The number of carbonyl (C=O) groups excluding carboxylic acids is 1. The van der Waals surface area contributed by atoms with Crippen LogP contribution in [-0.2, 0) is 4.79 Å². The lowest BCUT2D eigenvalue weighted by molar-refractivity contribution is -0.132. The molecule has 2 heterocycles. The van der Waals surface area contributed by atoms with E-state index in [4.69, 9.17) is 9.47 Å². The van der Waals surface area contributed by atoms with Crippen LogP contribution < -0.4 is 9.47 Å². The smallest absolute Gasteiger partial charge is 0.235 e. The van der Waals surface area contributed by atoms with E-state index in [1.54, 1.807) is 11.8 Å². The molecule has 0 spiro atoms. The van der Waals surface area contributed by atoms with Crippen LogP contribution in [-0.4, -0.2) is 29.9 Å². The van der Waals surface area contributed by atoms with Gasteiger partial charge in [0.2, 0.25) is 12.7 Å². The molecule has 0 aromatic heterocycles. The molecule has 1 fully saturated rings. The molecule has 1 atom stereocenters. The molecule has 4 nitrogen and oxygen atoms in total. The third-order valence-electron chi connectivity index (χ3n) is 5.37. The van der Waals surface area contributed by atoms with E-state index in [-0.39, 0.29) is 24.0 Å². The third-order valence-corrected chi connectivity index (χ3v) is 6.63. The van der Waals surface area contributed by atoms with Gasteiger partial charge in [-0.1, -0.05) is 66.7 Å². The second-order valence-corrected chi connectivity index (χ2v) is 8.31. The molecule has 0 saturated carbocycles. The summed E-state index contributed by atoms with van der Waals surface area (Å²) in [5.41, 5.74) is 3.11. The number of rotatable bonds is 4. The van der Waals surface area contributed by atoms with E-state index in [1.807, 2.05) is 83.8 Å². The molecule has 3 aromatic rings. The fourth-order valence-electron chi connectivity index (χ4n) is 3.97. The van der Waals surface area contributed by atoms with Gasteiger partial charge in [-0.15, -0.1) is 11.8 Å². The van der Waals surface area contributed by atoms with Crippen molar-refractivity contribution in [3.8, 4) is 11.5 Å². The Morgan fingerprint density at radius 1 is 0.897 bits per heavy atom. The second kappa shape index (κ2) is 7.84. The van der Waals surface area contributed by atoms with Gasteiger partial charge < -0.3 is 14.4 Å². The first-order chi connectivity index (χ1) is 14.3. The van der Waals surface area contributed by atoms with Crippen LogP contribution in [0.4, 0.5) is 0 Å². The lowest BCUT2D eigenvalue weighted by atomic mass is 9.90. The van der Waals surface area contributed by atoms with Gasteiger partial charge in [-0.2, -0.15) is 0 Å². The summed E-state index contributed by atoms with van der Waals surface area (Å²) < 4.78 is 11.0. The lowest BCUT2D eigenvalue weighted by Gasteiger charge is -2.29. The Morgan fingerprint density at radius 3 is 2.24 bits per heavy atom. The van der Waals surface area contributed by atoms with Gasteiger partial charge in [0, 0.05) is 12.3 Å². The van der Waals surface area contributed by atoms with Gasteiger partial charge in [-0.05, 0) is 28.8 Å². The summed E-state index contributed by atoms with van der Waals surface area (Å²) in [5.74, 6) is 2.26.